The van der Waals surface area contributed by atoms with Crippen LogP contribution in [-0.2, 0) is 9.53 Å². The molecule has 0 aromatic rings. The minimum Gasteiger partial charge on any atom is -0.478 e. The number of ether oxygens (including phenoxy) is 1. The Balaban J connectivity index is 2.65. The average Bonchev–Trinajstić information content (AvgIpc) is 2.38. The van der Waals surface area contributed by atoms with Crippen LogP contribution in [-0.4, -0.2) is 29.3 Å². The topological polar surface area (TPSA) is 58.9 Å². The normalized spacial score (nSPS) is 20.0. The average molecular weight is 301 g/mol. The SMILES string of the molecule is C=C/C(=C\N=C(/C)OC1C=CC(C(F)(F)F)=CC1)C(=O)O. The van der Waals surface area contributed by atoms with Crippen LogP contribution in [0.5, 0.6) is 0 Å². The van der Waals surface area contributed by atoms with Gasteiger partial charge in [-0.25, -0.2) is 9.79 Å². The monoisotopic (exact) mass is 301 g/mol. The van der Waals surface area contributed by atoms with E-state index in [1.807, 2.05) is 0 Å². The smallest absolute Gasteiger partial charge is 0.416 e. The Bertz CT molecular complexity index is 542. The molecule has 0 amide bonds. The molecule has 1 atom stereocenters. The Hall–Kier alpha value is -2.31. The first-order chi connectivity index (χ1) is 9.74. The van der Waals surface area contributed by atoms with Gasteiger partial charge in [0.25, 0.3) is 0 Å². The van der Waals surface area contributed by atoms with Gasteiger partial charge in [0.2, 0.25) is 0 Å². The Morgan fingerprint density at radius 3 is 2.67 bits per heavy atom. The molecule has 1 unspecified atom stereocenters. The van der Waals surface area contributed by atoms with Crippen LogP contribution in [0.15, 0.2) is 53.2 Å². The molecule has 4 nitrogen and oxygen atoms in total. The first kappa shape index (κ1) is 16.7. The van der Waals surface area contributed by atoms with Gasteiger partial charge >= 0.3 is 12.1 Å². The summed E-state index contributed by atoms with van der Waals surface area (Å²) in [5, 5.41) is 8.74. The predicted octanol–water partition coefficient (Wildman–Crippen LogP) is 3.39. The largest absolute Gasteiger partial charge is 0.478 e. The fraction of sp³-hybridized carbons (Fsp3) is 0.286. The summed E-state index contributed by atoms with van der Waals surface area (Å²) < 4.78 is 42.5. The summed E-state index contributed by atoms with van der Waals surface area (Å²) >= 11 is 0. The third-order valence-electron chi connectivity index (χ3n) is 2.56. The summed E-state index contributed by atoms with van der Waals surface area (Å²) in [6.45, 7) is 4.80. The van der Waals surface area contributed by atoms with E-state index in [4.69, 9.17) is 9.84 Å². The zero-order valence-corrected chi connectivity index (χ0v) is 11.2. The van der Waals surface area contributed by atoms with Crippen LogP contribution in [0.2, 0.25) is 0 Å². The van der Waals surface area contributed by atoms with Gasteiger partial charge in [-0.1, -0.05) is 24.8 Å². The highest BCUT2D eigenvalue weighted by molar-refractivity contribution is 5.90. The molecule has 1 rings (SSSR count). The van der Waals surface area contributed by atoms with E-state index in [1.54, 1.807) is 0 Å². The van der Waals surface area contributed by atoms with E-state index in [-0.39, 0.29) is 17.9 Å². The van der Waals surface area contributed by atoms with Gasteiger partial charge in [0, 0.05) is 19.5 Å². The zero-order chi connectivity index (χ0) is 16.0. The highest BCUT2D eigenvalue weighted by atomic mass is 19.4. The van der Waals surface area contributed by atoms with Gasteiger partial charge in [-0.05, 0) is 6.08 Å². The first-order valence-electron chi connectivity index (χ1n) is 5.96. The van der Waals surface area contributed by atoms with Crippen LogP contribution in [0.3, 0.4) is 0 Å². The Morgan fingerprint density at radius 2 is 2.24 bits per heavy atom. The number of aliphatic carboxylic acids is 1. The zero-order valence-electron chi connectivity index (χ0n) is 11.2. The Morgan fingerprint density at radius 1 is 1.57 bits per heavy atom. The highest BCUT2D eigenvalue weighted by Crippen LogP contribution is 2.29. The summed E-state index contributed by atoms with van der Waals surface area (Å²) in [6.07, 6.45) is 0.598. The number of hydrogen-bond acceptors (Lipinski definition) is 3. The van der Waals surface area contributed by atoms with Crippen LogP contribution in [0.1, 0.15) is 13.3 Å². The van der Waals surface area contributed by atoms with E-state index in [2.05, 4.69) is 11.6 Å². The molecule has 0 radical (unpaired) electrons. The molecule has 1 N–H and O–H groups in total. The minimum absolute atomic E-state index is 0.0646. The molecule has 0 heterocycles. The van der Waals surface area contributed by atoms with Crippen molar-refractivity contribution in [3.8, 4) is 0 Å². The number of rotatable bonds is 4. The summed E-state index contributed by atoms with van der Waals surface area (Å²) in [5.41, 5.74) is -0.826. The van der Waals surface area contributed by atoms with Crippen molar-refractivity contribution in [3.05, 3.63) is 48.2 Å². The van der Waals surface area contributed by atoms with E-state index in [1.165, 1.54) is 13.0 Å². The number of halogens is 3. The van der Waals surface area contributed by atoms with Gasteiger partial charge in [-0.2, -0.15) is 13.2 Å². The lowest BCUT2D eigenvalue weighted by Gasteiger charge is -2.18. The number of carboxylic acids is 1. The number of nitrogens with zero attached hydrogens (tertiary/aromatic N) is 1. The second-order valence-electron chi connectivity index (χ2n) is 4.15. The van der Waals surface area contributed by atoms with E-state index in [0.29, 0.717) is 0 Å². The van der Waals surface area contributed by atoms with Crippen molar-refractivity contribution in [2.24, 2.45) is 4.99 Å². The Labute approximate surface area is 119 Å². The van der Waals surface area contributed by atoms with E-state index in [0.717, 1.165) is 24.4 Å². The number of carbonyl (C=O) groups is 1. The molecule has 0 saturated carbocycles. The molecule has 0 bridgehead atoms. The fourth-order valence-corrected chi connectivity index (χ4v) is 1.50. The fourth-order valence-electron chi connectivity index (χ4n) is 1.50. The maximum atomic E-state index is 12.4. The third kappa shape index (κ3) is 5.29. The molecular formula is C14H14F3NO3. The van der Waals surface area contributed by atoms with Gasteiger partial charge in [0.05, 0.1) is 11.1 Å². The summed E-state index contributed by atoms with van der Waals surface area (Å²) in [7, 11) is 0. The highest BCUT2D eigenvalue weighted by Gasteiger charge is 2.33. The maximum Gasteiger partial charge on any atom is 0.416 e. The molecule has 0 aromatic carbocycles. The third-order valence-corrected chi connectivity index (χ3v) is 2.56. The molecule has 0 fully saturated rings. The predicted molar refractivity (Wildman–Crippen MR) is 71.8 cm³/mol. The van der Waals surface area contributed by atoms with Crippen LogP contribution < -0.4 is 0 Å². The number of aliphatic imine (C=N–C) groups is 1. The molecule has 0 aromatic heterocycles. The van der Waals surface area contributed by atoms with Crippen molar-refractivity contribution in [3.63, 3.8) is 0 Å². The molecule has 7 heteroatoms. The minimum atomic E-state index is -4.37. The van der Waals surface area contributed by atoms with Gasteiger partial charge < -0.3 is 9.84 Å². The molecule has 1 aliphatic rings. The van der Waals surface area contributed by atoms with Crippen LogP contribution in [0, 0.1) is 0 Å². The molecule has 21 heavy (non-hydrogen) atoms. The van der Waals surface area contributed by atoms with Gasteiger partial charge in [0.1, 0.15) is 6.10 Å². The summed E-state index contributed by atoms with van der Waals surface area (Å²) in [6, 6.07) is 0. The van der Waals surface area contributed by atoms with Gasteiger partial charge in [-0.3, -0.25) is 0 Å². The number of hydrogen-bond donors (Lipinski definition) is 1. The molecule has 0 saturated heterocycles. The lowest BCUT2D eigenvalue weighted by atomic mass is 10.0. The second-order valence-corrected chi connectivity index (χ2v) is 4.15. The second kappa shape index (κ2) is 6.92. The Kier molecular flexibility index (Phi) is 5.52. The van der Waals surface area contributed by atoms with Crippen molar-refractivity contribution >= 4 is 11.9 Å². The maximum absolute atomic E-state index is 12.4. The van der Waals surface area contributed by atoms with Crippen LogP contribution in [0.25, 0.3) is 0 Å². The van der Waals surface area contributed by atoms with E-state index < -0.39 is 23.8 Å². The van der Waals surface area contributed by atoms with Gasteiger partial charge in [0.15, 0.2) is 5.90 Å². The lowest BCUT2D eigenvalue weighted by Crippen LogP contribution is -2.19. The number of carboxylic acid groups (broad SMARTS) is 1. The van der Waals surface area contributed by atoms with Crippen molar-refractivity contribution in [2.45, 2.75) is 25.6 Å². The van der Waals surface area contributed by atoms with E-state index in [9.17, 15) is 18.0 Å². The van der Waals surface area contributed by atoms with E-state index >= 15 is 0 Å². The first-order valence-corrected chi connectivity index (χ1v) is 5.96. The standard InChI is InChI=1S/C14H14F3NO3/c1-3-10(13(19)20)8-18-9(2)21-12-6-4-11(5-7-12)14(15,16)17/h3-6,8,12H,1,7H2,2H3,(H,19,20)/b10-8+,18-9+. The van der Waals surface area contributed by atoms with Crippen molar-refractivity contribution < 1.29 is 27.8 Å². The van der Waals surface area contributed by atoms with Crippen molar-refractivity contribution in [1.82, 2.24) is 0 Å². The summed E-state index contributed by atoms with van der Waals surface area (Å²) in [5.74, 6) is -1.04. The lowest BCUT2D eigenvalue weighted by molar-refractivity contribution is -0.132. The summed E-state index contributed by atoms with van der Waals surface area (Å²) in [4.78, 5) is 14.5. The number of allylic oxidation sites excluding steroid dienone is 2. The van der Waals surface area contributed by atoms with Crippen LogP contribution in [0.4, 0.5) is 13.2 Å². The van der Waals surface area contributed by atoms with Crippen molar-refractivity contribution in [1.29, 1.82) is 0 Å². The molecular weight excluding hydrogens is 287 g/mol. The molecule has 114 valence electrons. The van der Waals surface area contributed by atoms with Crippen LogP contribution >= 0.6 is 0 Å². The molecule has 1 aliphatic carbocycles. The quantitative estimate of drug-likeness (QED) is 0.375. The van der Waals surface area contributed by atoms with Gasteiger partial charge in [-0.15, -0.1) is 0 Å². The molecule has 0 spiro atoms. The van der Waals surface area contributed by atoms with Crippen molar-refractivity contribution in [2.75, 3.05) is 0 Å². The molecule has 0 aliphatic heterocycles. The number of alkyl halides is 3.